The van der Waals surface area contributed by atoms with Crippen molar-refractivity contribution in [2.24, 2.45) is 0 Å². The van der Waals surface area contributed by atoms with Crippen LogP contribution >= 0.6 is 22.7 Å². The van der Waals surface area contributed by atoms with Crippen LogP contribution in [-0.2, 0) is 6.54 Å². The molecule has 0 unspecified atom stereocenters. The monoisotopic (exact) mass is 331 g/mol. The third kappa shape index (κ3) is 2.71. The van der Waals surface area contributed by atoms with E-state index in [1.54, 1.807) is 29.0 Å². The number of thiophene rings is 1. The summed E-state index contributed by atoms with van der Waals surface area (Å²) >= 11 is 3.47. The van der Waals surface area contributed by atoms with Crippen molar-refractivity contribution in [3.63, 3.8) is 0 Å². The van der Waals surface area contributed by atoms with E-state index in [9.17, 15) is 0 Å². The maximum absolute atomic E-state index is 4.51. The van der Waals surface area contributed by atoms with Gasteiger partial charge in [0, 0.05) is 43.8 Å². The van der Waals surface area contributed by atoms with Crippen molar-refractivity contribution in [3.05, 3.63) is 33.9 Å². The van der Waals surface area contributed by atoms with E-state index < -0.39 is 0 Å². The van der Waals surface area contributed by atoms with Crippen molar-refractivity contribution < 1.29 is 0 Å². The van der Waals surface area contributed by atoms with Gasteiger partial charge < -0.3 is 4.90 Å². The summed E-state index contributed by atoms with van der Waals surface area (Å²) in [5.74, 6) is 1.08. The molecule has 1 saturated heterocycles. The Balaban J connectivity index is 1.44. The van der Waals surface area contributed by atoms with E-state index in [0.29, 0.717) is 0 Å². The number of hydrogen-bond donors (Lipinski definition) is 0. The lowest BCUT2D eigenvalue weighted by Gasteiger charge is -2.35. The molecule has 0 N–H and O–H groups in total. The van der Waals surface area contributed by atoms with Gasteiger partial charge in [-0.3, -0.25) is 4.90 Å². The molecule has 1 aliphatic heterocycles. The molecule has 22 heavy (non-hydrogen) atoms. The Morgan fingerprint density at radius 1 is 1.14 bits per heavy atom. The Kier molecular flexibility index (Phi) is 3.77. The summed E-state index contributed by atoms with van der Waals surface area (Å²) in [6, 6.07) is 2.13. The maximum atomic E-state index is 4.51. The molecule has 114 valence electrons. The van der Waals surface area contributed by atoms with Crippen molar-refractivity contribution >= 4 is 38.7 Å². The van der Waals surface area contributed by atoms with Crippen LogP contribution in [0, 0.1) is 6.92 Å². The van der Waals surface area contributed by atoms with Crippen molar-refractivity contribution in [2.75, 3.05) is 31.1 Å². The van der Waals surface area contributed by atoms with Gasteiger partial charge in [0.25, 0.3) is 0 Å². The predicted octanol–water partition coefficient (Wildman–Crippen LogP) is 2.78. The third-order valence-corrected chi connectivity index (χ3v) is 5.68. The topological polar surface area (TPSA) is 45.2 Å². The highest BCUT2D eigenvalue weighted by atomic mass is 32.1. The van der Waals surface area contributed by atoms with Gasteiger partial charge in [0.2, 0.25) is 0 Å². The van der Waals surface area contributed by atoms with Gasteiger partial charge >= 0.3 is 0 Å². The summed E-state index contributed by atoms with van der Waals surface area (Å²) in [5, 5.41) is 4.42. The molecule has 0 amide bonds. The SMILES string of the molecule is Cc1ncc(CN2CCN(c3ncnc4sccc34)CC2)s1. The molecule has 3 aromatic rings. The van der Waals surface area contributed by atoms with Gasteiger partial charge in [0.15, 0.2) is 0 Å². The molecule has 0 aromatic carbocycles. The summed E-state index contributed by atoms with van der Waals surface area (Å²) in [6.07, 6.45) is 3.69. The van der Waals surface area contributed by atoms with Crippen LogP contribution in [-0.4, -0.2) is 46.0 Å². The highest BCUT2D eigenvalue weighted by Gasteiger charge is 2.20. The molecule has 0 atom stereocenters. The third-order valence-electron chi connectivity index (χ3n) is 3.96. The van der Waals surface area contributed by atoms with Gasteiger partial charge in [-0.1, -0.05) is 0 Å². The smallest absolute Gasteiger partial charge is 0.140 e. The number of rotatable bonds is 3. The maximum Gasteiger partial charge on any atom is 0.140 e. The highest BCUT2D eigenvalue weighted by molar-refractivity contribution is 7.16. The minimum atomic E-state index is 1.01. The zero-order chi connectivity index (χ0) is 14.9. The predicted molar refractivity (Wildman–Crippen MR) is 91.8 cm³/mol. The molecule has 0 spiro atoms. The molecular weight excluding hydrogens is 314 g/mol. The van der Waals surface area contributed by atoms with Gasteiger partial charge in [0.05, 0.1) is 10.4 Å². The summed E-state index contributed by atoms with van der Waals surface area (Å²) in [6.45, 7) is 7.23. The average molecular weight is 331 g/mol. The number of hydrogen-bond acceptors (Lipinski definition) is 7. The Labute approximate surface area is 137 Å². The zero-order valence-electron chi connectivity index (χ0n) is 12.4. The van der Waals surface area contributed by atoms with Gasteiger partial charge in [-0.25, -0.2) is 15.0 Å². The molecule has 0 saturated carbocycles. The van der Waals surface area contributed by atoms with Crippen LogP contribution in [0.15, 0.2) is 24.0 Å². The van der Waals surface area contributed by atoms with E-state index in [4.69, 9.17) is 0 Å². The quantitative estimate of drug-likeness (QED) is 0.738. The number of aromatic nitrogens is 3. The number of nitrogens with zero attached hydrogens (tertiary/aromatic N) is 5. The fourth-order valence-electron chi connectivity index (χ4n) is 2.85. The van der Waals surface area contributed by atoms with Gasteiger partial charge in [-0.15, -0.1) is 22.7 Å². The number of anilines is 1. The molecule has 3 aromatic heterocycles. The van der Waals surface area contributed by atoms with Crippen LogP contribution in [0.1, 0.15) is 9.88 Å². The van der Waals surface area contributed by atoms with Crippen LogP contribution in [0.3, 0.4) is 0 Å². The zero-order valence-corrected chi connectivity index (χ0v) is 14.0. The van der Waals surface area contributed by atoms with E-state index in [2.05, 4.69) is 43.1 Å². The normalized spacial score (nSPS) is 16.5. The molecule has 1 aliphatic rings. The molecule has 7 heteroatoms. The lowest BCUT2D eigenvalue weighted by atomic mass is 10.2. The van der Waals surface area contributed by atoms with Crippen LogP contribution in [0.2, 0.25) is 0 Å². The Bertz CT molecular complexity index is 773. The Morgan fingerprint density at radius 2 is 2.00 bits per heavy atom. The number of thiazole rings is 1. The minimum Gasteiger partial charge on any atom is -0.353 e. The minimum absolute atomic E-state index is 1.01. The van der Waals surface area contributed by atoms with Crippen LogP contribution in [0.5, 0.6) is 0 Å². The first-order valence-corrected chi connectivity index (χ1v) is 9.06. The van der Waals surface area contributed by atoms with E-state index >= 15 is 0 Å². The van der Waals surface area contributed by atoms with Gasteiger partial charge in [-0.2, -0.15) is 0 Å². The second-order valence-electron chi connectivity index (χ2n) is 5.45. The molecule has 0 bridgehead atoms. The van der Waals surface area contributed by atoms with Gasteiger partial charge in [-0.05, 0) is 18.4 Å². The van der Waals surface area contributed by atoms with Gasteiger partial charge in [0.1, 0.15) is 17.0 Å². The van der Waals surface area contributed by atoms with Crippen molar-refractivity contribution in [1.29, 1.82) is 0 Å². The first-order chi connectivity index (χ1) is 10.8. The summed E-state index contributed by atoms with van der Waals surface area (Å²) in [4.78, 5) is 20.5. The average Bonchev–Trinajstić information content (AvgIpc) is 3.16. The van der Waals surface area contributed by atoms with Crippen molar-refractivity contribution in [1.82, 2.24) is 19.9 Å². The van der Waals surface area contributed by atoms with Crippen LogP contribution < -0.4 is 4.90 Å². The fraction of sp³-hybridized carbons (Fsp3) is 0.400. The van der Waals surface area contributed by atoms with Crippen LogP contribution in [0.25, 0.3) is 10.2 Å². The Morgan fingerprint density at radius 3 is 2.77 bits per heavy atom. The standard InChI is InChI=1S/C15H17N5S2/c1-11-16-8-12(22-11)9-19-3-5-20(6-4-19)14-13-2-7-21-15(13)18-10-17-14/h2,7-8,10H,3-6,9H2,1H3. The summed E-state index contributed by atoms with van der Waals surface area (Å²) in [5.41, 5.74) is 0. The second-order valence-corrected chi connectivity index (χ2v) is 7.66. The molecule has 0 aliphatic carbocycles. The molecular formula is C15H17N5S2. The number of piperazine rings is 1. The lowest BCUT2D eigenvalue weighted by molar-refractivity contribution is 0.251. The molecule has 4 heterocycles. The van der Waals surface area contributed by atoms with E-state index in [1.807, 2.05) is 6.20 Å². The molecule has 0 radical (unpaired) electrons. The number of fused-ring (bicyclic) bond motifs is 1. The summed E-state index contributed by atoms with van der Waals surface area (Å²) < 4.78 is 0. The lowest BCUT2D eigenvalue weighted by Crippen LogP contribution is -2.46. The van der Waals surface area contributed by atoms with E-state index in [1.165, 1.54) is 10.3 Å². The first kappa shape index (κ1) is 14.0. The number of aryl methyl sites for hydroxylation is 1. The van der Waals surface area contributed by atoms with Crippen LogP contribution in [0.4, 0.5) is 5.82 Å². The van der Waals surface area contributed by atoms with Crippen molar-refractivity contribution in [2.45, 2.75) is 13.5 Å². The first-order valence-electron chi connectivity index (χ1n) is 7.36. The largest absolute Gasteiger partial charge is 0.353 e. The summed E-state index contributed by atoms with van der Waals surface area (Å²) in [7, 11) is 0. The Hall–Kier alpha value is -1.57. The molecule has 4 rings (SSSR count). The molecule has 5 nitrogen and oxygen atoms in total. The van der Waals surface area contributed by atoms with E-state index in [-0.39, 0.29) is 0 Å². The fourth-order valence-corrected chi connectivity index (χ4v) is 4.41. The highest BCUT2D eigenvalue weighted by Crippen LogP contribution is 2.27. The second kappa shape index (κ2) is 5.91. The van der Waals surface area contributed by atoms with E-state index in [0.717, 1.165) is 48.4 Å². The molecule has 1 fully saturated rings. The van der Waals surface area contributed by atoms with Crippen molar-refractivity contribution in [3.8, 4) is 0 Å².